The molecule has 5 aliphatic rings. The lowest BCUT2D eigenvalue weighted by atomic mass is 9.73. The lowest BCUT2D eigenvalue weighted by Crippen LogP contribution is -2.59. The van der Waals surface area contributed by atoms with Gasteiger partial charge in [-0.2, -0.15) is 0 Å². The van der Waals surface area contributed by atoms with Gasteiger partial charge in [-0.3, -0.25) is 14.4 Å². The van der Waals surface area contributed by atoms with Crippen LogP contribution in [0.15, 0.2) is 41.3 Å². The van der Waals surface area contributed by atoms with Crippen molar-refractivity contribution in [2.24, 2.45) is 23.7 Å². The number of fused-ring (bicyclic) bond motifs is 1. The lowest BCUT2D eigenvalue weighted by molar-refractivity contribution is -0.145. The van der Waals surface area contributed by atoms with Crippen molar-refractivity contribution >= 4 is 35.2 Å². The van der Waals surface area contributed by atoms with Crippen LogP contribution in [0.1, 0.15) is 65.2 Å². The van der Waals surface area contributed by atoms with E-state index in [9.17, 15) is 14.4 Å². The molecule has 3 aliphatic heterocycles. The number of nitrogens with one attached hydrogen (secondary N) is 2. The van der Waals surface area contributed by atoms with E-state index in [1.807, 2.05) is 47.6 Å². The standard InChI is InChI=1S/C31H41N3O4S/c1-18-9-7-14-23(19(18)2)33-29(36)27-31-16-15-24(38-31)25(28(35)32-20-10-8-13-22(17-20)39-3)26(31)30(37)34(27)21-11-5-4-6-12-21/h8,10,13,15-19,21,23-27H,4-7,9,11-12,14H2,1-3H3,(H,32,35)(H,33,36)/t18-,19-,23+,24-,25+,26-,27-,31-/m0/s1. The molecule has 2 N–H and O–H groups in total. The van der Waals surface area contributed by atoms with E-state index >= 15 is 0 Å². The zero-order chi connectivity index (χ0) is 27.3. The van der Waals surface area contributed by atoms with Crippen molar-refractivity contribution in [2.75, 3.05) is 11.6 Å². The SMILES string of the molecule is CSc1cccc(NC(=O)[C@@H]2[C@@H]3C=C[C@]4(O3)[C@@H]2C(=O)N(C2CCCCC2)[C@H]4C(=O)N[C@@H]2CCC[C@H](C)[C@@H]2C)c1. The molecule has 7 nitrogen and oxygen atoms in total. The zero-order valence-corrected chi connectivity index (χ0v) is 24.0. The van der Waals surface area contributed by atoms with Gasteiger partial charge in [0.2, 0.25) is 17.7 Å². The predicted molar refractivity (Wildman–Crippen MR) is 152 cm³/mol. The first-order valence-electron chi connectivity index (χ1n) is 14.8. The number of carbonyl (C=O) groups excluding carboxylic acids is 3. The summed E-state index contributed by atoms with van der Waals surface area (Å²) < 4.78 is 6.56. The third-order valence-corrected chi connectivity index (χ3v) is 10.9. The van der Waals surface area contributed by atoms with Gasteiger partial charge in [0.25, 0.3) is 0 Å². The number of carbonyl (C=O) groups is 3. The van der Waals surface area contributed by atoms with E-state index in [2.05, 4.69) is 24.5 Å². The molecule has 39 heavy (non-hydrogen) atoms. The fourth-order valence-electron chi connectivity index (χ4n) is 7.93. The summed E-state index contributed by atoms with van der Waals surface area (Å²) in [5.41, 5.74) is -0.396. The summed E-state index contributed by atoms with van der Waals surface area (Å²) in [6, 6.07) is 7.06. The average Bonchev–Trinajstić information content (AvgIpc) is 3.59. The first-order chi connectivity index (χ1) is 18.8. The molecule has 1 aromatic carbocycles. The number of benzene rings is 1. The maximum atomic E-state index is 14.3. The van der Waals surface area contributed by atoms with Gasteiger partial charge >= 0.3 is 0 Å². The van der Waals surface area contributed by atoms with Crippen molar-refractivity contribution in [3.05, 3.63) is 36.4 Å². The van der Waals surface area contributed by atoms with Gasteiger partial charge in [-0.25, -0.2) is 0 Å². The molecule has 0 unspecified atom stereocenters. The van der Waals surface area contributed by atoms with Crippen molar-refractivity contribution in [3.8, 4) is 0 Å². The first kappa shape index (κ1) is 26.9. The molecule has 2 aliphatic carbocycles. The summed E-state index contributed by atoms with van der Waals surface area (Å²) in [6.07, 6.45) is 13.6. The van der Waals surface area contributed by atoms with E-state index in [1.165, 1.54) is 6.42 Å². The Morgan fingerprint density at radius 2 is 1.85 bits per heavy atom. The molecule has 8 heteroatoms. The van der Waals surface area contributed by atoms with Gasteiger partial charge in [-0.15, -0.1) is 11.8 Å². The highest BCUT2D eigenvalue weighted by Gasteiger charge is 2.73. The Morgan fingerprint density at radius 3 is 2.62 bits per heavy atom. The molecule has 1 spiro atoms. The molecule has 6 rings (SSSR count). The van der Waals surface area contributed by atoms with Gasteiger partial charge in [-0.05, 0) is 55.6 Å². The summed E-state index contributed by atoms with van der Waals surface area (Å²) in [7, 11) is 0. The third-order valence-electron chi connectivity index (χ3n) is 10.2. The van der Waals surface area contributed by atoms with Crippen LogP contribution in [-0.2, 0) is 19.1 Å². The number of nitrogens with zero attached hydrogens (tertiary/aromatic N) is 1. The molecule has 210 valence electrons. The van der Waals surface area contributed by atoms with Crippen LogP contribution in [0.3, 0.4) is 0 Å². The zero-order valence-electron chi connectivity index (χ0n) is 23.2. The van der Waals surface area contributed by atoms with Crippen LogP contribution in [0, 0.1) is 23.7 Å². The van der Waals surface area contributed by atoms with Crippen LogP contribution in [0.2, 0.25) is 0 Å². The maximum Gasteiger partial charge on any atom is 0.246 e. The fraction of sp³-hybridized carbons (Fsp3) is 0.645. The second-order valence-corrected chi connectivity index (χ2v) is 13.2. The quantitative estimate of drug-likeness (QED) is 0.393. The van der Waals surface area contributed by atoms with Gasteiger partial charge in [-0.1, -0.05) is 64.2 Å². The van der Waals surface area contributed by atoms with Gasteiger partial charge in [0.05, 0.1) is 17.9 Å². The molecule has 0 radical (unpaired) electrons. The number of hydrogen-bond donors (Lipinski definition) is 2. The average molecular weight is 552 g/mol. The fourth-order valence-corrected chi connectivity index (χ4v) is 8.39. The van der Waals surface area contributed by atoms with Crippen LogP contribution >= 0.6 is 11.8 Å². The highest BCUT2D eigenvalue weighted by Crippen LogP contribution is 2.56. The molecule has 2 saturated heterocycles. The molecule has 2 bridgehead atoms. The number of amides is 3. The van der Waals surface area contributed by atoms with Crippen molar-refractivity contribution in [1.82, 2.24) is 10.2 Å². The van der Waals surface area contributed by atoms with Gasteiger partial charge in [0.1, 0.15) is 11.6 Å². The van der Waals surface area contributed by atoms with Crippen molar-refractivity contribution in [3.63, 3.8) is 0 Å². The van der Waals surface area contributed by atoms with Crippen molar-refractivity contribution in [2.45, 2.75) is 99.9 Å². The van der Waals surface area contributed by atoms with E-state index in [-0.39, 0.29) is 29.8 Å². The van der Waals surface area contributed by atoms with E-state index in [4.69, 9.17) is 4.74 Å². The number of thioether (sulfide) groups is 1. The highest BCUT2D eigenvalue weighted by molar-refractivity contribution is 7.98. The monoisotopic (exact) mass is 551 g/mol. The van der Waals surface area contributed by atoms with E-state index in [0.717, 1.165) is 49.8 Å². The Hall–Kier alpha value is -2.32. The number of rotatable bonds is 6. The summed E-state index contributed by atoms with van der Waals surface area (Å²) in [5.74, 6) is -0.885. The summed E-state index contributed by atoms with van der Waals surface area (Å²) >= 11 is 1.61. The topological polar surface area (TPSA) is 87.7 Å². The Morgan fingerprint density at radius 1 is 1.05 bits per heavy atom. The van der Waals surface area contributed by atoms with Gasteiger partial charge in [0, 0.05) is 22.7 Å². The van der Waals surface area contributed by atoms with Crippen LogP contribution < -0.4 is 10.6 Å². The van der Waals surface area contributed by atoms with Gasteiger partial charge in [0.15, 0.2) is 0 Å². The minimum absolute atomic E-state index is 0.00250. The Bertz CT molecular complexity index is 1170. The highest BCUT2D eigenvalue weighted by atomic mass is 32.2. The van der Waals surface area contributed by atoms with Crippen LogP contribution in [0.5, 0.6) is 0 Å². The normalized spacial score (nSPS) is 37.7. The van der Waals surface area contributed by atoms with Crippen LogP contribution in [0.4, 0.5) is 5.69 Å². The largest absolute Gasteiger partial charge is 0.359 e. The third kappa shape index (κ3) is 4.51. The van der Waals surface area contributed by atoms with E-state index < -0.39 is 29.6 Å². The van der Waals surface area contributed by atoms with Crippen molar-refractivity contribution < 1.29 is 19.1 Å². The van der Waals surface area contributed by atoms with Crippen LogP contribution in [0.25, 0.3) is 0 Å². The molecule has 3 amide bonds. The molecule has 8 atom stereocenters. The molecular weight excluding hydrogens is 510 g/mol. The number of hydrogen-bond acceptors (Lipinski definition) is 5. The molecule has 2 saturated carbocycles. The second kappa shape index (κ2) is 10.6. The minimum Gasteiger partial charge on any atom is -0.359 e. The number of likely N-dealkylation sites (tertiary alicyclic amines) is 1. The summed E-state index contributed by atoms with van der Waals surface area (Å²) in [5, 5.41) is 6.42. The molecule has 1 aromatic rings. The maximum absolute atomic E-state index is 14.3. The minimum atomic E-state index is -1.10. The number of anilines is 1. The first-order valence-corrected chi connectivity index (χ1v) is 16.0. The Kier molecular flexibility index (Phi) is 7.29. The summed E-state index contributed by atoms with van der Waals surface area (Å²) in [4.78, 5) is 45.2. The lowest BCUT2D eigenvalue weighted by Gasteiger charge is -2.40. The molecular formula is C31H41N3O4S. The number of ether oxygens (including phenoxy) is 1. The van der Waals surface area contributed by atoms with Crippen molar-refractivity contribution in [1.29, 1.82) is 0 Å². The second-order valence-electron chi connectivity index (χ2n) is 12.3. The van der Waals surface area contributed by atoms with Crippen LogP contribution in [-0.4, -0.2) is 58.7 Å². The predicted octanol–water partition coefficient (Wildman–Crippen LogP) is 4.77. The smallest absolute Gasteiger partial charge is 0.246 e. The van der Waals surface area contributed by atoms with Gasteiger partial charge < -0.3 is 20.3 Å². The Balaban J connectivity index is 1.31. The van der Waals surface area contributed by atoms with E-state index in [0.29, 0.717) is 17.5 Å². The Labute approximate surface area is 235 Å². The molecule has 0 aromatic heterocycles. The molecule has 4 fully saturated rings. The molecule has 3 heterocycles. The van der Waals surface area contributed by atoms with E-state index in [1.54, 1.807) is 11.8 Å². The summed E-state index contributed by atoms with van der Waals surface area (Å²) in [6.45, 7) is 4.48.